The van der Waals surface area contributed by atoms with Gasteiger partial charge in [-0.2, -0.15) is 0 Å². The first-order valence-corrected chi connectivity index (χ1v) is 10.0. The fourth-order valence-corrected chi connectivity index (χ4v) is 3.66. The number of hydrogen-bond acceptors (Lipinski definition) is 3. The Morgan fingerprint density at radius 3 is 2.61 bits per heavy atom. The van der Waals surface area contributed by atoms with Gasteiger partial charge in [0.15, 0.2) is 0 Å². The van der Waals surface area contributed by atoms with Crippen molar-refractivity contribution in [2.75, 3.05) is 13.7 Å². The molecule has 1 radical (unpaired) electrons. The summed E-state index contributed by atoms with van der Waals surface area (Å²) in [6.45, 7) is 9.27. The Morgan fingerprint density at radius 1 is 1.36 bits per heavy atom. The zero-order valence-electron chi connectivity index (χ0n) is 17.6. The van der Waals surface area contributed by atoms with Crippen LogP contribution < -0.4 is 4.74 Å². The van der Waals surface area contributed by atoms with Crippen LogP contribution in [0.15, 0.2) is 35.6 Å². The quantitative estimate of drug-likeness (QED) is 0.407. The van der Waals surface area contributed by atoms with E-state index in [2.05, 4.69) is 33.8 Å². The van der Waals surface area contributed by atoms with Gasteiger partial charge in [0, 0.05) is 43.8 Å². The SMILES string of the molecule is CCC1=C/C(=C(\OC)c2ccc(/C=C/O)c(OCCC(C)C)c2Cl)C(C)C1.[Y]. The van der Waals surface area contributed by atoms with Crippen LogP contribution in [0.5, 0.6) is 5.75 Å². The number of hydrogen-bond donors (Lipinski definition) is 1. The maximum absolute atomic E-state index is 9.22. The Labute approximate surface area is 199 Å². The molecule has 0 saturated heterocycles. The molecular weight excluding hydrogens is 449 g/mol. The minimum Gasteiger partial charge on any atom is -0.516 e. The number of benzene rings is 1. The van der Waals surface area contributed by atoms with E-state index in [-0.39, 0.29) is 32.7 Å². The predicted octanol–water partition coefficient (Wildman–Crippen LogP) is 7.02. The molecule has 0 saturated carbocycles. The monoisotopic (exact) mass is 479 g/mol. The minimum absolute atomic E-state index is 0. The van der Waals surface area contributed by atoms with Gasteiger partial charge in [-0.3, -0.25) is 0 Å². The molecule has 1 aromatic carbocycles. The van der Waals surface area contributed by atoms with Crippen LogP contribution in [0.2, 0.25) is 5.02 Å². The largest absolute Gasteiger partial charge is 0.516 e. The first-order valence-electron chi connectivity index (χ1n) is 9.66. The molecule has 1 aromatic rings. The van der Waals surface area contributed by atoms with Gasteiger partial charge in [0.1, 0.15) is 11.5 Å². The van der Waals surface area contributed by atoms with E-state index in [0.29, 0.717) is 29.2 Å². The number of rotatable bonds is 8. The van der Waals surface area contributed by atoms with Crippen LogP contribution in [-0.2, 0) is 37.4 Å². The van der Waals surface area contributed by atoms with Gasteiger partial charge in [0.25, 0.3) is 0 Å². The number of aliphatic hydroxyl groups excluding tert-OH is 1. The number of allylic oxidation sites excluding steroid dienone is 3. The molecule has 0 spiro atoms. The molecule has 1 aliphatic rings. The first kappa shape index (κ1) is 25.3. The van der Waals surface area contributed by atoms with E-state index in [9.17, 15) is 5.11 Å². The van der Waals surface area contributed by atoms with E-state index in [1.807, 2.05) is 12.1 Å². The van der Waals surface area contributed by atoms with Crippen molar-refractivity contribution in [1.29, 1.82) is 0 Å². The Hall–Kier alpha value is -0.766. The van der Waals surface area contributed by atoms with Crippen molar-refractivity contribution in [3.05, 3.63) is 51.8 Å². The third kappa shape index (κ3) is 6.11. The van der Waals surface area contributed by atoms with E-state index in [4.69, 9.17) is 21.1 Å². The van der Waals surface area contributed by atoms with Crippen molar-refractivity contribution in [2.24, 2.45) is 11.8 Å². The Balaban J connectivity index is 0.00000392. The summed E-state index contributed by atoms with van der Waals surface area (Å²) in [5.41, 5.74) is 4.18. The van der Waals surface area contributed by atoms with E-state index in [1.54, 1.807) is 13.2 Å². The van der Waals surface area contributed by atoms with Gasteiger partial charge >= 0.3 is 0 Å². The van der Waals surface area contributed by atoms with E-state index >= 15 is 0 Å². The molecule has 0 aliphatic heterocycles. The molecule has 0 heterocycles. The molecule has 3 nitrogen and oxygen atoms in total. The second-order valence-corrected chi connectivity index (χ2v) is 7.82. The normalized spacial score (nSPS) is 18.2. The van der Waals surface area contributed by atoms with E-state index in [0.717, 1.165) is 42.4 Å². The molecule has 0 amide bonds. The summed E-state index contributed by atoms with van der Waals surface area (Å²) >= 11 is 6.76. The van der Waals surface area contributed by atoms with Crippen LogP contribution in [0.3, 0.4) is 0 Å². The molecule has 28 heavy (non-hydrogen) atoms. The van der Waals surface area contributed by atoms with Gasteiger partial charge in [0.2, 0.25) is 0 Å². The van der Waals surface area contributed by atoms with Crippen LogP contribution in [-0.4, -0.2) is 18.8 Å². The third-order valence-corrected chi connectivity index (χ3v) is 5.32. The molecule has 2 rings (SSSR count). The fourth-order valence-electron chi connectivity index (χ4n) is 3.34. The van der Waals surface area contributed by atoms with Crippen molar-refractivity contribution in [1.82, 2.24) is 0 Å². The Morgan fingerprint density at radius 2 is 2.07 bits per heavy atom. The van der Waals surface area contributed by atoms with Crippen molar-refractivity contribution in [2.45, 2.75) is 47.0 Å². The third-order valence-electron chi connectivity index (χ3n) is 4.95. The van der Waals surface area contributed by atoms with Crippen molar-refractivity contribution in [3.63, 3.8) is 0 Å². The van der Waals surface area contributed by atoms with Gasteiger partial charge in [-0.25, -0.2) is 0 Å². The van der Waals surface area contributed by atoms with Crippen molar-refractivity contribution in [3.8, 4) is 5.75 Å². The van der Waals surface area contributed by atoms with E-state index in [1.165, 1.54) is 11.1 Å². The molecule has 5 heteroatoms. The maximum Gasteiger partial charge on any atom is 0.145 e. The smallest absolute Gasteiger partial charge is 0.145 e. The topological polar surface area (TPSA) is 38.7 Å². The molecule has 0 bridgehead atoms. The summed E-state index contributed by atoms with van der Waals surface area (Å²) in [6, 6.07) is 3.84. The molecule has 0 fully saturated rings. The van der Waals surface area contributed by atoms with E-state index < -0.39 is 0 Å². The zero-order valence-corrected chi connectivity index (χ0v) is 21.2. The minimum atomic E-state index is 0. The standard InChI is InChI=1S/C23H31ClO3.Y/c1-6-17-13-16(4)20(14-17)23(26-5)19-8-7-18(9-11-25)22(21(19)24)27-12-10-15(2)3;/h7-9,11,14-16,25H,6,10,12-13H2,1-5H3;/b11-9+,23-20+;. The van der Waals surface area contributed by atoms with Crippen LogP contribution in [0, 0.1) is 11.8 Å². The predicted molar refractivity (Wildman–Crippen MR) is 114 cm³/mol. The van der Waals surface area contributed by atoms with Crippen LogP contribution in [0.4, 0.5) is 0 Å². The molecule has 1 aliphatic carbocycles. The molecule has 1 atom stereocenters. The molecule has 1 N–H and O–H groups in total. The van der Waals surface area contributed by atoms with Crippen molar-refractivity contribution >= 4 is 23.4 Å². The van der Waals surface area contributed by atoms with Gasteiger partial charge < -0.3 is 14.6 Å². The van der Waals surface area contributed by atoms with Crippen LogP contribution >= 0.6 is 11.6 Å². The van der Waals surface area contributed by atoms with Gasteiger partial charge in [-0.05, 0) is 48.8 Å². The summed E-state index contributed by atoms with van der Waals surface area (Å²) in [5, 5.41) is 9.73. The summed E-state index contributed by atoms with van der Waals surface area (Å²) in [4.78, 5) is 0. The van der Waals surface area contributed by atoms with Gasteiger partial charge in [-0.15, -0.1) is 0 Å². The average Bonchev–Trinajstić information content (AvgIpc) is 3.00. The summed E-state index contributed by atoms with van der Waals surface area (Å²) < 4.78 is 11.8. The number of methoxy groups -OCH3 is 1. The number of aliphatic hydroxyl groups is 1. The molecule has 1 unspecified atom stereocenters. The fraction of sp³-hybridized carbons (Fsp3) is 0.478. The second kappa shape index (κ2) is 12.0. The second-order valence-electron chi connectivity index (χ2n) is 7.44. The Kier molecular flexibility index (Phi) is 10.9. The van der Waals surface area contributed by atoms with Crippen molar-refractivity contribution < 1.29 is 47.3 Å². The zero-order chi connectivity index (χ0) is 20.0. The van der Waals surface area contributed by atoms with Gasteiger partial charge in [0.05, 0.1) is 25.0 Å². The summed E-state index contributed by atoms with van der Waals surface area (Å²) in [6.07, 6.45) is 7.86. The Bertz CT molecular complexity index is 750. The first-order chi connectivity index (χ1) is 12.9. The summed E-state index contributed by atoms with van der Waals surface area (Å²) in [5.74, 6) is 2.32. The van der Waals surface area contributed by atoms with Gasteiger partial charge in [-0.1, -0.05) is 57.0 Å². The molecule has 0 aromatic heterocycles. The average molecular weight is 480 g/mol. The number of halogens is 1. The van der Waals surface area contributed by atoms with Crippen LogP contribution in [0.1, 0.15) is 58.1 Å². The van der Waals surface area contributed by atoms with Crippen LogP contribution in [0.25, 0.3) is 11.8 Å². The molecule has 151 valence electrons. The summed E-state index contributed by atoms with van der Waals surface area (Å²) in [7, 11) is 1.68. The molecular formula is C23H31ClO3Y. The number of ether oxygens (including phenoxy) is 2. The maximum atomic E-state index is 9.22.